The van der Waals surface area contributed by atoms with Crippen LogP contribution in [-0.4, -0.2) is 12.4 Å². The summed E-state index contributed by atoms with van der Waals surface area (Å²) in [7, 11) is 0. The van der Waals surface area contributed by atoms with Gasteiger partial charge in [0.05, 0.1) is 12.0 Å². The fourth-order valence-corrected chi connectivity index (χ4v) is 3.13. The first-order chi connectivity index (χ1) is 9.79. The van der Waals surface area contributed by atoms with Crippen LogP contribution in [0, 0.1) is 0 Å². The molecule has 2 aromatic carbocycles. The van der Waals surface area contributed by atoms with Crippen molar-refractivity contribution in [3.63, 3.8) is 0 Å². The maximum atomic E-state index is 12.9. The van der Waals surface area contributed by atoms with E-state index in [-0.39, 0.29) is 11.2 Å². The minimum Gasteiger partial charge on any atom is -0.493 e. The van der Waals surface area contributed by atoms with Gasteiger partial charge in [-0.2, -0.15) is 0 Å². The van der Waals surface area contributed by atoms with Crippen molar-refractivity contribution < 1.29 is 9.53 Å². The Balaban J connectivity index is 1.71. The smallest absolute Gasteiger partial charge is 0.173 e. The summed E-state index contributed by atoms with van der Waals surface area (Å²) in [6.45, 7) is 0.733. The van der Waals surface area contributed by atoms with E-state index in [0.717, 1.165) is 42.7 Å². The first kappa shape index (κ1) is 11.7. The molecule has 2 heteroatoms. The fraction of sp³-hybridized carbons (Fsp3) is 0.278. The van der Waals surface area contributed by atoms with Crippen molar-refractivity contribution in [1.29, 1.82) is 0 Å². The highest BCUT2D eigenvalue weighted by molar-refractivity contribution is 6.06. The minimum atomic E-state index is -0.269. The summed E-state index contributed by atoms with van der Waals surface area (Å²) in [5.74, 6) is 1.20. The molecule has 1 aliphatic carbocycles. The number of hydrogen-bond acceptors (Lipinski definition) is 2. The van der Waals surface area contributed by atoms with Crippen LogP contribution in [-0.2, 0) is 11.8 Å². The number of Topliss-reactive ketones (excluding diaryl/α,β-unsaturated/α-hetero) is 1. The van der Waals surface area contributed by atoms with Gasteiger partial charge in [-0.15, -0.1) is 0 Å². The van der Waals surface area contributed by atoms with Gasteiger partial charge in [0.1, 0.15) is 5.75 Å². The molecule has 1 heterocycles. The topological polar surface area (TPSA) is 26.3 Å². The number of rotatable bonds is 3. The lowest BCUT2D eigenvalue weighted by Crippen LogP contribution is -2.20. The lowest BCUT2D eigenvalue weighted by Gasteiger charge is -2.15. The highest BCUT2D eigenvalue weighted by Gasteiger charge is 2.51. The minimum absolute atomic E-state index is 0.262. The molecule has 2 aromatic rings. The van der Waals surface area contributed by atoms with Crippen molar-refractivity contribution in [3.8, 4) is 5.75 Å². The normalized spacial score (nSPS) is 18.2. The molecule has 1 fully saturated rings. The van der Waals surface area contributed by atoms with E-state index in [9.17, 15) is 4.79 Å². The van der Waals surface area contributed by atoms with Gasteiger partial charge in [0.2, 0.25) is 0 Å². The maximum absolute atomic E-state index is 12.9. The molecule has 2 nitrogen and oxygen atoms in total. The summed E-state index contributed by atoms with van der Waals surface area (Å²) in [6.07, 6.45) is 2.83. The van der Waals surface area contributed by atoms with Crippen LogP contribution in [0.5, 0.6) is 5.75 Å². The lowest BCUT2D eigenvalue weighted by atomic mass is 9.87. The Hall–Kier alpha value is -2.09. The van der Waals surface area contributed by atoms with Crippen molar-refractivity contribution in [2.75, 3.05) is 6.61 Å². The Kier molecular flexibility index (Phi) is 2.46. The van der Waals surface area contributed by atoms with Gasteiger partial charge in [0.25, 0.3) is 0 Å². The molecule has 0 unspecified atom stereocenters. The second-order valence-corrected chi connectivity index (χ2v) is 5.70. The molecule has 4 rings (SSSR count). The van der Waals surface area contributed by atoms with Crippen molar-refractivity contribution in [1.82, 2.24) is 0 Å². The summed E-state index contributed by atoms with van der Waals surface area (Å²) in [5, 5.41) is 0. The van der Waals surface area contributed by atoms with E-state index in [1.807, 2.05) is 36.4 Å². The molecule has 0 bridgehead atoms. The molecule has 0 N–H and O–H groups in total. The molecule has 0 amide bonds. The van der Waals surface area contributed by atoms with Crippen molar-refractivity contribution in [2.24, 2.45) is 0 Å². The van der Waals surface area contributed by atoms with Crippen LogP contribution < -0.4 is 4.74 Å². The van der Waals surface area contributed by atoms with Crippen LogP contribution in [0.1, 0.15) is 34.3 Å². The van der Waals surface area contributed by atoms with E-state index in [0.29, 0.717) is 0 Å². The molecule has 1 saturated carbocycles. The Morgan fingerprint density at radius 1 is 1.05 bits per heavy atom. The van der Waals surface area contributed by atoms with Crippen LogP contribution in [0.25, 0.3) is 0 Å². The molecule has 0 saturated heterocycles. The molecule has 2 aliphatic rings. The molecule has 0 spiro atoms. The van der Waals surface area contributed by atoms with E-state index in [4.69, 9.17) is 4.74 Å². The quantitative estimate of drug-likeness (QED) is 0.793. The van der Waals surface area contributed by atoms with Crippen LogP contribution in [0.15, 0.2) is 48.5 Å². The monoisotopic (exact) mass is 264 g/mol. The summed E-state index contributed by atoms with van der Waals surface area (Å²) >= 11 is 0. The van der Waals surface area contributed by atoms with Gasteiger partial charge < -0.3 is 4.74 Å². The van der Waals surface area contributed by atoms with Crippen LogP contribution in [0.4, 0.5) is 0 Å². The molecule has 0 atom stereocenters. The largest absolute Gasteiger partial charge is 0.493 e. The molecule has 100 valence electrons. The molecule has 1 aliphatic heterocycles. The van der Waals surface area contributed by atoms with E-state index in [1.165, 1.54) is 5.56 Å². The Morgan fingerprint density at radius 2 is 1.85 bits per heavy atom. The van der Waals surface area contributed by atoms with Crippen LogP contribution >= 0.6 is 0 Å². The first-order valence-electron chi connectivity index (χ1n) is 7.16. The van der Waals surface area contributed by atoms with Gasteiger partial charge in [-0.05, 0) is 42.2 Å². The molecular weight excluding hydrogens is 248 g/mol. The van der Waals surface area contributed by atoms with Gasteiger partial charge in [-0.3, -0.25) is 4.79 Å². The number of carbonyl (C=O) groups is 1. The van der Waals surface area contributed by atoms with Gasteiger partial charge in [-0.1, -0.05) is 30.3 Å². The number of benzene rings is 2. The Morgan fingerprint density at radius 3 is 2.60 bits per heavy atom. The predicted octanol–water partition coefficient (Wildman–Crippen LogP) is 3.54. The molecule has 0 radical (unpaired) electrons. The second kappa shape index (κ2) is 4.20. The standard InChI is InChI=1S/C18H16O2/c19-17(14-6-7-16-13(12-14)8-11-20-16)18(9-10-18)15-4-2-1-3-5-15/h1-7,12H,8-11H2. The third kappa shape index (κ3) is 1.68. The zero-order valence-electron chi connectivity index (χ0n) is 11.3. The fourth-order valence-electron chi connectivity index (χ4n) is 3.13. The lowest BCUT2D eigenvalue weighted by molar-refractivity contribution is 0.0946. The predicted molar refractivity (Wildman–Crippen MR) is 77.3 cm³/mol. The summed E-state index contributed by atoms with van der Waals surface area (Å²) in [5.41, 5.74) is 2.88. The van der Waals surface area contributed by atoms with Crippen molar-refractivity contribution in [2.45, 2.75) is 24.7 Å². The third-order valence-corrected chi connectivity index (χ3v) is 4.46. The highest BCUT2D eigenvalue weighted by atomic mass is 16.5. The van der Waals surface area contributed by atoms with E-state index >= 15 is 0 Å². The third-order valence-electron chi connectivity index (χ3n) is 4.46. The first-order valence-corrected chi connectivity index (χ1v) is 7.16. The number of carbonyl (C=O) groups excluding carboxylic acids is 1. The molecule has 0 aromatic heterocycles. The van der Waals surface area contributed by atoms with E-state index in [2.05, 4.69) is 12.1 Å². The van der Waals surface area contributed by atoms with Gasteiger partial charge in [0.15, 0.2) is 5.78 Å². The molecular formula is C18H16O2. The zero-order valence-corrected chi connectivity index (χ0v) is 11.3. The zero-order chi connectivity index (χ0) is 13.6. The van der Waals surface area contributed by atoms with Crippen molar-refractivity contribution in [3.05, 3.63) is 65.2 Å². The second-order valence-electron chi connectivity index (χ2n) is 5.70. The van der Waals surface area contributed by atoms with Gasteiger partial charge >= 0.3 is 0 Å². The van der Waals surface area contributed by atoms with Gasteiger partial charge in [0, 0.05) is 12.0 Å². The van der Waals surface area contributed by atoms with Crippen LogP contribution in [0.2, 0.25) is 0 Å². The highest BCUT2D eigenvalue weighted by Crippen LogP contribution is 2.50. The number of hydrogen-bond donors (Lipinski definition) is 0. The summed E-state index contributed by atoms with van der Waals surface area (Å²) < 4.78 is 5.51. The summed E-state index contributed by atoms with van der Waals surface area (Å²) in [4.78, 5) is 12.9. The SMILES string of the molecule is O=C(c1ccc2c(c1)CCO2)C1(c2ccccc2)CC1. The van der Waals surface area contributed by atoms with E-state index in [1.54, 1.807) is 0 Å². The number of ether oxygens (including phenoxy) is 1. The average Bonchev–Trinajstić information content (AvgIpc) is 3.18. The van der Waals surface area contributed by atoms with Crippen LogP contribution in [0.3, 0.4) is 0 Å². The number of ketones is 1. The molecule has 20 heavy (non-hydrogen) atoms. The average molecular weight is 264 g/mol. The van der Waals surface area contributed by atoms with Crippen molar-refractivity contribution >= 4 is 5.78 Å². The number of fused-ring (bicyclic) bond motifs is 1. The maximum Gasteiger partial charge on any atom is 0.173 e. The van der Waals surface area contributed by atoms with Gasteiger partial charge in [-0.25, -0.2) is 0 Å². The Bertz CT molecular complexity index is 669. The summed E-state index contributed by atoms with van der Waals surface area (Å²) in [6, 6.07) is 16.0. The van der Waals surface area contributed by atoms with E-state index < -0.39 is 0 Å². The Labute approximate surface area is 118 Å².